The van der Waals surface area contributed by atoms with Crippen LogP contribution in [0.4, 0.5) is 0 Å². The molecule has 0 radical (unpaired) electrons. The minimum Gasteiger partial charge on any atom is -0.385 e. The highest BCUT2D eigenvalue weighted by Gasteiger charge is 2.23. The van der Waals surface area contributed by atoms with E-state index in [1.807, 2.05) is 0 Å². The average Bonchev–Trinajstić information content (AvgIpc) is 2.74. The van der Waals surface area contributed by atoms with Crippen LogP contribution in [0.25, 0.3) is 0 Å². The minimum absolute atomic E-state index is 0.447. The van der Waals surface area contributed by atoms with E-state index in [2.05, 4.69) is 46.0 Å². The summed E-state index contributed by atoms with van der Waals surface area (Å²) in [4.78, 5) is 0. The van der Waals surface area contributed by atoms with Crippen molar-refractivity contribution < 1.29 is 5.11 Å². The lowest BCUT2D eigenvalue weighted by atomic mass is 10.1. The Labute approximate surface area is 106 Å². The summed E-state index contributed by atoms with van der Waals surface area (Å²) in [6.07, 6.45) is 2.12. The van der Waals surface area contributed by atoms with Crippen molar-refractivity contribution in [3.8, 4) is 0 Å². The Morgan fingerprint density at radius 2 is 2.28 bits per heavy atom. The number of fused-ring (bicyclic) bond motifs is 1. The summed E-state index contributed by atoms with van der Waals surface area (Å²) in [6, 6.07) is 8.42. The largest absolute Gasteiger partial charge is 0.385 e. The number of nitrogens with zero attached hydrogens (tertiary/aromatic N) is 3. The first kappa shape index (κ1) is 11.4. The third-order valence-electron chi connectivity index (χ3n) is 3.46. The van der Waals surface area contributed by atoms with E-state index >= 15 is 0 Å². The lowest BCUT2D eigenvalue weighted by Gasteiger charge is -2.19. The Morgan fingerprint density at radius 3 is 3.11 bits per heavy atom. The number of aryl methyl sites for hydroxylation is 1. The molecule has 1 aromatic carbocycles. The monoisotopic (exact) mass is 243 g/mol. The van der Waals surface area contributed by atoms with Gasteiger partial charge in [0, 0.05) is 13.0 Å². The molecule has 0 saturated carbocycles. The molecule has 2 heterocycles. The van der Waals surface area contributed by atoms with E-state index in [4.69, 9.17) is 0 Å². The molecule has 2 aromatic rings. The third-order valence-corrected chi connectivity index (χ3v) is 3.46. The lowest BCUT2D eigenvalue weighted by molar-refractivity contribution is 0.133. The molecular weight excluding hydrogens is 226 g/mol. The van der Waals surface area contributed by atoms with Gasteiger partial charge in [-0.05, 0) is 25.3 Å². The van der Waals surface area contributed by atoms with Crippen LogP contribution in [0.15, 0.2) is 24.3 Å². The second kappa shape index (κ2) is 4.53. The van der Waals surface area contributed by atoms with Gasteiger partial charge in [-0.15, -0.1) is 10.2 Å². The molecule has 0 aliphatic carbocycles. The van der Waals surface area contributed by atoms with Crippen LogP contribution in [0.1, 0.15) is 41.7 Å². The first-order valence-corrected chi connectivity index (χ1v) is 6.39. The Hall–Kier alpha value is -1.68. The minimum atomic E-state index is -0.447. The first-order valence-electron chi connectivity index (χ1n) is 6.39. The quantitative estimate of drug-likeness (QED) is 0.877. The van der Waals surface area contributed by atoms with Crippen LogP contribution in [0.2, 0.25) is 0 Å². The van der Waals surface area contributed by atoms with E-state index in [0.717, 1.165) is 37.5 Å². The third kappa shape index (κ3) is 2.04. The fourth-order valence-corrected chi connectivity index (χ4v) is 2.55. The van der Waals surface area contributed by atoms with Crippen LogP contribution in [-0.4, -0.2) is 19.9 Å². The molecule has 0 spiro atoms. The van der Waals surface area contributed by atoms with Crippen molar-refractivity contribution in [2.24, 2.45) is 0 Å². The van der Waals surface area contributed by atoms with Crippen molar-refractivity contribution in [1.82, 2.24) is 14.8 Å². The van der Waals surface area contributed by atoms with Crippen LogP contribution in [-0.2, 0) is 13.0 Å². The van der Waals surface area contributed by atoms with E-state index in [1.165, 1.54) is 11.1 Å². The summed E-state index contributed by atoms with van der Waals surface area (Å²) < 4.78 is 2.07. The van der Waals surface area contributed by atoms with E-state index in [0.29, 0.717) is 0 Å². The van der Waals surface area contributed by atoms with Gasteiger partial charge in [0.1, 0.15) is 11.9 Å². The second-order valence-corrected chi connectivity index (χ2v) is 4.95. The summed E-state index contributed by atoms with van der Waals surface area (Å²) in [7, 11) is 0. The van der Waals surface area contributed by atoms with E-state index in [-0.39, 0.29) is 0 Å². The van der Waals surface area contributed by atoms with Crippen molar-refractivity contribution in [1.29, 1.82) is 0 Å². The summed E-state index contributed by atoms with van der Waals surface area (Å²) in [5.41, 5.74) is 2.50. The maximum Gasteiger partial charge on any atom is 0.161 e. The van der Waals surface area contributed by atoms with Crippen LogP contribution < -0.4 is 0 Å². The van der Waals surface area contributed by atoms with Crippen molar-refractivity contribution in [2.75, 3.05) is 0 Å². The molecule has 1 N–H and O–H groups in total. The molecule has 4 nitrogen and oxygen atoms in total. The van der Waals surface area contributed by atoms with E-state index < -0.39 is 6.10 Å². The molecular formula is C14H17N3O. The Bertz CT molecular complexity index is 562. The highest BCUT2D eigenvalue weighted by molar-refractivity contribution is 5.25. The van der Waals surface area contributed by atoms with Crippen molar-refractivity contribution in [3.05, 3.63) is 47.0 Å². The van der Waals surface area contributed by atoms with Crippen molar-refractivity contribution >= 4 is 0 Å². The molecule has 0 amide bonds. The van der Waals surface area contributed by atoms with Crippen LogP contribution in [0, 0.1) is 6.92 Å². The van der Waals surface area contributed by atoms with Gasteiger partial charge in [0.15, 0.2) is 5.82 Å². The van der Waals surface area contributed by atoms with Gasteiger partial charge in [-0.3, -0.25) is 0 Å². The van der Waals surface area contributed by atoms with Crippen LogP contribution in [0.3, 0.4) is 0 Å². The highest BCUT2D eigenvalue weighted by Crippen LogP contribution is 2.24. The molecule has 1 atom stereocenters. The number of aliphatic hydroxyl groups excluding tert-OH is 1. The van der Waals surface area contributed by atoms with Gasteiger partial charge in [-0.1, -0.05) is 29.8 Å². The predicted octanol–water partition coefficient (Wildman–Crippen LogP) is 2.00. The second-order valence-electron chi connectivity index (χ2n) is 4.95. The molecule has 0 bridgehead atoms. The van der Waals surface area contributed by atoms with Gasteiger partial charge in [-0.25, -0.2) is 0 Å². The fourth-order valence-electron chi connectivity index (χ4n) is 2.55. The molecule has 94 valence electrons. The summed E-state index contributed by atoms with van der Waals surface area (Å²) in [5.74, 6) is 1.68. The number of aliphatic hydroxyl groups is 1. The lowest BCUT2D eigenvalue weighted by Crippen LogP contribution is -2.17. The summed E-state index contributed by atoms with van der Waals surface area (Å²) >= 11 is 0. The van der Waals surface area contributed by atoms with E-state index in [9.17, 15) is 5.11 Å². The summed E-state index contributed by atoms with van der Waals surface area (Å²) in [5, 5.41) is 18.2. The van der Waals surface area contributed by atoms with E-state index in [1.54, 1.807) is 0 Å². The predicted molar refractivity (Wildman–Crippen MR) is 68.2 cm³/mol. The number of hydrogen-bond donors (Lipinski definition) is 1. The molecule has 1 aliphatic heterocycles. The molecule has 4 heteroatoms. The first-order chi connectivity index (χ1) is 8.74. The normalized spacial score (nSPS) is 18.7. The molecule has 1 aliphatic rings. The van der Waals surface area contributed by atoms with Gasteiger partial charge >= 0.3 is 0 Å². The smallest absolute Gasteiger partial charge is 0.161 e. The zero-order valence-corrected chi connectivity index (χ0v) is 10.5. The highest BCUT2D eigenvalue weighted by atomic mass is 16.3. The molecule has 0 fully saturated rings. The van der Waals surface area contributed by atoms with Crippen LogP contribution >= 0.6 is 0 Å². The topological polar surface area (TPSA) is 50.9 Å². The van der Waals surface area contributed by atoms with Gasteiger partial charge in [0.05, 0.1) is 0 Å². The Balaban J connectivity index is 1.90. The van der Waals surface area contributed by atoms with Gasteiger partial charge in [-0.2, -0.15) is 0 Å². The standard InChI is InChI=1S/C14H17N3O/c1-10-4-2-5-11(8-10)9-13-15-16-14-12(18)6-3-7-17(13)14/h2,4-5,8,12,18H,3,6-7,9H2,1H3. The number of benzene rings is 1. The molecule has 1 aromatic heterocycles. The van der Waals surface area contributed by atoms with Crippen LogP contribution in [0.5, 0.6) is 0 Å². The SMILES string of the molecule is Cc1cccc(Cc2nnc3n2CCCC3O)c1. The molecule has 18 heavy (non-hydrogen) atoms. The Morgan fingerprint density at radius 1 is 1.39 bits per heavy atom. The zero-order chi connectivity index (χ0) is 12.5. The number of hydrogen-bond acceptors (Lipinski definition) is 3. The fraction of sp³-hybridized carbons (Fsp3) is 0.429. The summed E-state index contributed by atoms with van der Waals surface area (Å²) in [6.45, 7) is 3.01. The van der Waals surface area contributed by atoms with Crippen molar-refractivity contribution in [2.45, 2.75) is 38.8 Å². The van der Waals surface area contributed by atoms with Crippen molar-refractivity contribution in [3.63, 3.8) is 0 Å². The number of aromatic nitrogens is 3. The molecule has 1 unspecified atom stereocenters. The number of rotatable bonds is 2. The van der Waals surface area contributed by atoms with Gasteiger partial charge < -0.3 is 9.67 Å². The van der Waals surface area contributed by atoms with Gasteiger partial charge in [0.25, 0.3) is 0 Å². The Kier molecular flexibility index (Phi) is 2.88. The molecule has 3 rings (SSSR count). The average molecular weight is 243 g/mol. The zero-order valence-electron chi connectivity index (χ0n) is 10.5. The maximum atomic E-state index is 9.86. The molecule has 0 saturated heterocycles. The van der Waals surface area contributed by atoms with Gasteiger partial charge in [0.2, 0.25) is 0 Å². The maximum absolute atomic E-state index is 9.86.